The first-order valence-electron chi connectivity index (χ1n) is 5.34. The maximum Gasteiger partial charge on any atom is 0.124 e. The van der Waals surface area contributed by atoms with Gasteiger partial charge in [-0.25, -0.2) is 4.39 Å². The molecule has 2 rings (SSSR count). The van der Waals surface area contributed by atoms with E-state index in [1.54, 1.807) is 18.2 Å². The minimum absolute atomic E-state index is 0.194. The predicted octanol–water partition coefficient (Wildman–Crippen LogP) is 4.02. The van der Waals surface area contributed by atoms with Gasteiger partial charge in [0.25, 0.3) is 0 Å². The van der Waals surface area contributed by atoms with E-state index in [0.29, 0.717) is 21.2 Å². The van der Waals surface area contributed by atoms with Crippen molar-refractivity contribution in [3.63, 3.8) is 0 Å². The molecule has 0 aliphatic carbocycles. The zero-order valence-corrected chi connectivity index (χ0v) is 12.0. The van der Waals surface area contributed by atoms with E-state index in [4.69, 9.17) is 28.9 Å². The molecule has 0 aliphatic heterocycles. The molecule has 0 fully saturated rings. The van der Waals surface area contributed by atoms with Crippen LogP contribution in [0, 0.1) is 5.82 Å². The van der Waals surface area contributed by atoms with Crippen LogP contribution in [0.3, 0.4) is 0 Å². The maximum absolute atomic E-state index is 12.9. The Morgan fingerprint density at radius 2 is 1.84 bits per heavy atom. The van der Waals surface area contributed by atoms with Crippen LogP contribution >= 0.6 is 23.2 Å². The Morgan fingerprint density at radius 3 is 2.47 bits per heavy atom. The molecule has 1 atom stereocenters. The number of hydrogen-bond donors (Lipinski definition) is 1. The molecule has 2 N–H and O–H groups in total. The van der Waals surface area contributed by atoms with Crippen LogP contribution in [0.1, 0.15) is 5.56 Å². The summed E-state index contributed by atoms with van der Waals surface area (Å²) in [5.74, 6) is -0.227. The maximum atomic E-state index is 12.9. The summed E-state index contributed by atoms with van der Waals surface area (Å²) in [6.07, 6.45) is 0. The summed E-state index contributed by atoms with van der Waals surface area (Å²) in [7, 11) is -1.32. The summed E-state index contributed by atoms with van der Waals surface area (Å²) in [5, 5.41) is 0.617. The van der Waals surface area contributed by atoms with E-state index in [-0.39, 0.29) is 10.8 Å². The number of halogens is 3. The van der Waals surface area contributed by atoms with Crippen molar-refractivity contribution in [2.75, 3.05) is 5.73 Å². The molecule has 100 valence electrons. The Morgan fingerprint density at radius 1 is 1.11 bits per heavy atom. The summed E-state index contributed by atoms with van der Waals surface area (Å²) < 4.78 is 25.1. The molecular formula is C13H10Cl2FNOS. The van der Waals surface area contributed by atoms with E-state index in [2.05, 4.69) is 0 Å². The van der Waals surface area contributed by atoms with Gasteiger partial charge in [0.05, 0.1) is 27.3 Å². The highest BCUT2D eigenvalue weighted by Crippen LogP contribution is 2.25. The van der Waals surface area contributed by atoms with Crippen LogP contribution in [0.5, 0.6) is 0 Å². The molecule has 6 heteroatoms. The number of nitrogen functional groups attached to an aromatic ring is 1. The molecule has 0 heterocycles. The summed E-state index contributed by atoms with van der Waals surface area (Å²) in [4.78, 5) is 0.555. The smallest absolute Gasteiger partial charge is 0.124 e. The van der Waals surface area contributed by atoms with Crippen LogP contribution in [0.2, 0.25) is 10.0 Å². The largest absolute Gasteiger partial charge is 0.398 e. The zero-order chi connectivity index (χ0) is 14.0. The third-order valence-corrected chi connectivity index (χ3v) is 4.57. The van der Waals surface area contributed by atoms with Crippen molar-refractivity contribution in [2.24, 2.45) is 0 Å². The molecule has 2 aromatic rings. The van der Waals surface area contributed by atoms with Gasteiger partial charge in [0.1, 0.15) is 5.82 Å². The predicted molar refractivity (Wildman–Crippen MR) is 77.4 cm³/mol. The molecule has 0 saturated carbocycles. The van der Waals surface area contributed by atoms with Gasteiger partial charge in [0.2, 0.25) is 0 Å². The average Bonchev–Trinajstić information content (AvgIpc) is 2.36. The molecule has 0 aromatic heterocycles. The molecule has 0 aliphatic rings. The molecule has 19 heavy (non-hydrogen) atoms. The van der Waals surface area contributed by atoms with Crippen molar-refractivity contribution < 1.29 is 8.60 Å². The van der Waals surface area contributed by atoms with Gasteiger partial charge in [0, 0.05) is 9.92 Å². The van der Waals surface area contributed by atoms with Crippen molar-refractivity contribution in [3.05, 3.63) is 57.8 Å². The van der Waals surface area contributed by atoms with Gasteiger partial charge in [-0.3, -0.25) is 4.21 Å². The molecule has 1 unspecified atom stereocenters. The monoisotopic (exact) mass is 317 g/mol. The number of hydrogen-bond acceptors (Lipinski definition) is 2. The number of anilines is 1. The lowest BCUT2D eigenvalue weighted by Gasteiger charge is -2.06. The van der Waals surface area contributed by atoms with Gasteiger partial charge < -0.3 is 5.73 Å². The van der Waals surface area contributed by atoms with Crippen molar-refractivity contribution in [2.45, 2.75) is 10.6 Å². The van der Waals surface area contributed by atoms with Gasteiger partial charge in [-0.05, 0) is 35.9 Å². The lowest BCUT2D eigenvalue weighted by Crippen LogP contribution is -1.98. The second-order valence-electron chi connectivity index (χ2n) is 3.91. The SMILES string of the molecule is Nc1ccc(S(=O)Cc2ccc(F)cc2Cl)cc1Cl. The Hall–Kier alpha value is -1.10. The van der Waals surface area contributed by atoms with E-state index < -0.39 is 16.6 Å². The number of rotatable bonds is 3. The minimum Gasteiger partial charge on any atom is -0.398 e. The quantitative estimate of drug-likeness (QED) is 0.869. The van der Waals surface area contributed by atoms with E-state index in [0.717, 1.165) is 0 Å². The van der Waals surface area contributed by atoms with Crippen molar-refractivity contribution >= 4 is 39.7 Å². The molecule has 0 spiro atoms. The fourth-order valence-corrected chi connectivity index (χ4v) is 3.24. The second-order valence-corrected chi connectivity index (χ2v) is 6.17. The average molecular weight is 318 g/mol. The first-order valence-corrected chi connectivity index (χ1v) is 7.42. The van der Waals surface area contributed by atoms with Crippen LogP contribution in [0.4, 0.5) is 10.1 Å². The highest BCUT2D eigenvalue weighted by Gasteiger charge is 2.10. The molecule has 0 saturated heterocycles. The zero-order valence-electron chi connectivity index (χ0n) is 9.70. The highest BCUT2D eigenvalue weighted by atomic mass is 35.5. The topological polar surface area (TPSA) is 43.1 Å². The Balaban J connectivity index is 2.23. The van der Waals surface area contributed by atoms with E-state index >= 15 is 0 Å². The van der Waals surface area contributed by atoms with Crippen molar-refractivity contribution in [3.8, 4) is 0 Å². The van der Waals surface area contributed by atoms with Crippen LogP contribution in [-0.2, 0) is 16.6 Å². The third-order valence-electron chi connectivity index (χ3n) is 2.54. The normalized spacial score (nSPS) is 12.4. The van der Waals surface area contributed by atoms with Crippen LogP contribution < -0.4 is 5.73 Å². The Labute approximate surface area is 122 Å². The molecule has 2 aromatic carbocycles. The first-order chi connectivity index (χ1) is 8.97. The van der Waals surface area contributed by atoms with Crippen LogP contribution in [0.25, 0.3) is 0 Å². The Kier molecular flexibility index (Phi) is 4.45. The lowest BCUT2D eigenvalue weighted by atomic mass is 10.2. The van der Waals surface area contributed by atoms with Gasteiger partial charge in [-0.1, -0.05) is 29.3 Å². The minimum atomic E-state index is -1.32. The fourth-order valence-electron chi connectivity index (χ4n) is 1.51. The van der Waals surface area contributed by atoms with E-state index in [9.17, 15) is 8.60 Å². The standard InChI is InChI=1S/C13H10Cl2FNOS/c14-11-5-9(16)2-1-8(11)7-19(18)10-3-4-13(17)12(15)6-10/h1-6H,7,17H2. The van der Waals surface area contributed by atoms with Gasteiger partial charge in [0.15, 0.2) is 0 Å². The Bertz CT molecular complexity index is 649. The third kappa shape index (κ3) is 3.47. The number of benzene rings is 2. The molecular weight excluding hydrogens is 308 g/mol. The molecule has 0 amide bonds. The van der Waals surface area contributed by atoms with E-state index in [1.165, 1.54) is 18.2 Å². The number of nitrogens with two attached hydrogens (primary N) is 1. The van der Waals surface area contributed by atoms with E-state index in [1.807, 2.05) is 0 Å². The van der Waals surface area contributed by atoms with Gasteiger partial charge in [-0.2, -0.15) is 0 Å². The summed E-state index contributed by atoms with van der Waals surface area (Å²) in [6.45, 7) is 0. The molecule has 2 nitrogen and oxygen atoms in total. The van der Waals surface area contributed by atoms with Gasteiger partial charge >= 0.3 is 0 Å². The second kappa shape index (κ2) is 5.90. The highest BCUT2D eigenvalue weighted by molar-refractivity contribution is 7.84. The van der Waals surface area contributed by atoms with Crippen molar-refractivity contribution in [1.29, 1.82) is 0 Å². The lowest BCUT2D eigenvalue weighted by molar-refractivity contribution is 0.627. The molecule has 0 bridgehead atoms. The molecule has 0 radical (unpaired) electrons. The first kappa shape index (κ1) is 14.3. The summed E-state index contributed by atoms with van der Waals surface area (Å²) >= 11 is 11.8. The van der Waals surface area contributed by atoms with Gasteiger partial charge in [-0.15, -0.1) is 0 Å². The van der Waals surface area contributed by atoms with Crippen LogP contribution in [-0.4, -0.2) is 4.21 Å². The fraction of sp³-hybridized carbons (Fsp3) is 0.0769. The summed E-state index contributed by atoms with van der Waals surface area (Å²) in [6, 6.07) is 8.81. The van der Waals surface area contributed by atoms with Crippen molar-refractivity contribution in [1.82, 2.24) is 0 Å². The summed E-state index contributed by atoms with van der Waals surface area (Å²) in [5.41, 5.74) is 6.64. The van der Waals surface area contributed by atoms with Crippen LogP contribution in [0.15, 0.2) is 41.3 Å².